The van der Waals surface area contributed by atoms with Crippen molar-refractivity contribution in [2.45, 2.75) is 6.18 Å². The molecule has 1 aliphatic rings. The summed E-state index contributed by atoms with van der Waals surface area (Å²) in [6.07, 6.45) is -4.36. The quantitative estimate of drug-likeness (QED) is 0.481. The third-order valence-electron chi connectivity index (χ3n) is 4.46. The van der Waals surface area contributed by atoms with Crippen LogP contribution in [0.3, 0.4) is 0 Å². The van der Waals surface area contributed by atoms with E-state index in [0.29, 0.717) is 5.56 Å². The summed E-state index contributed by atoms with van der Waals surface area (Å²) in [7, 11) is 1.89. The van der Waals surface area contributed by atoms with Crippen LogP contribution in [-0.4, -0.2) is 7.05 Å². The predicted octanol–water partition coefficient (Wildman–Crippen LogP) is 6.12. The van der Waals surface area contributed by atoms with Gasteiger partial charge in [-0.1, -0.05) is 42.5 Å². The minimum Gasteiger partial charge on any atom is -0.344 e. The lowest BCUT2D eigenvalue weighted by Gasteiger charge is -2.22. The van der Waals surface area contributed by atoms with Gasteiger partial charge in [0.05, 0.1) is 5.56 Å². The standard InChI is InChI=1S/C20H14F3N/c1-24-18-9-5-4-8-16(18)14-6-2-3-7-15(14)17-12-13(20(21,22)23)10-11-19(17)24/h2-12H,1H3. The molecule has 0 bridgehead atoms. The van der Waals surface area contributed by atoms with Crippen molar-refractivity contribution in [3.05, 3.63) is 72.3 Å². The van der Waals surface area contributed by atoms with Gasteiger partial charge in [-0.05, 0) is 35.4 Å². The lowest BCUT2D eigenvalue weighted by Crippen LogP contribution is -2.11. The molecule has 120 valence electrons. The first-order valence-corrected chi connectivity index (χ1v) is 7.60. The van der Waals surface area contributed by atoms with Crippen molar-refractivity contribution in [2.75, 3.05) is 11.9 Å². The number of anilines is 2. The van der Waals surface area contributed by atoms with Gasteiger partial charge in [-0.25, -0.2) is 0 Å². The first-order valence-electron chi connectivity index (χ1n) is 7.60. The van der Waals surface area contributed by atoms with Crippen LogP contribution in [0.25, 0.3) is 22.3 Å². The molecule has 0 N–H and O–H groups in total. The van der Waals surface area contributed by atoms with Crippen molar-refractivity contribution in [3.63, 3.8) is 0 Å². The second-order valence-electron chi connectivity index (χ2n) is 5.85. The summed E-state index contributed by atoms with van der Waals surface area (Å²) in [5.41, 5.74) is 4.48. The number of fused-ring (bicyclic) bond motifs is 5. The van der Waals surface area contributed by atoms with Crippen molar-refractivity contribution < 1.29 is 13.2 Å². The number of halogens is 3. The van der Waals surface area contributed by atoms with E-state index in [0.717, 1.165) is 34.1 Å². The zero-order valence-corrected chi connectivity index (χ0v) is 12.9. The molecular formula is C20H14F3N. The Morgan fingerprint density at radius 3 is 1.88 bits per heavy atom. The van der Waals surface area contributed by atoms with Crippen LogP contribution in [0, 0.1) is 0 Å². The highest BCUT2D eigenvalue weighted by molar-refractivity contribution is 5.99. The number of rotatable bonds is 0. The Morgan fingerprint density at radius 1 is 0.667 bits per heavy atom. The molecule has 4 rings (SSSR count). The van der Waals surface area contributed by atoms with Gasteiger partial charge in [0.25, 0.3) is 0 Å². The second-order valence-corrected chi connectivity index (χ2v) is 5.85. The Hall–Kier alpha value is -2.75. The molecule has 0 unspecified atom stereocenters. The van der Waals surface area contributed by atoms with Crippen molar-refractivity contribution in [3.8, 4) is 22.3 Å². The maximum Gasteiger partial charge on any atom is 0.416 e. The molecule has 0 amide bonds. The normalized spacial score (nSPS) is 12.9. The summed E-state index contributed by atoms with van der Waals surface area (Å²) in [6, 6.07) is 19.4. The van der Waals surface area contributed by atoms with Crippen molar-refractivity contribution in [1.29, 1.82) is 0 Å². The van der Waals surface area contributed by atoms with Gasteiger partial charge in [0.15, 0.2) is 0 Å². The first kappa shape index (κ1) is 14.8. The summed E-state index contributed by atoms with van der Waals surface area (Å²) in [6.45, 7) is 0. The smallest absolute Gasteiger partial charge is 0.344 e. The van der Waals surface area contributed by atoms with Gasteiger partial charge >= 0.3 is 6.18 Å². The van der Waals surface area contributed by atoms with Crippen molar-refractivity contribution in [2.24, 2.45) is 0 Å². The molecule has 0 aliphatic carbocycles. The first-order chi connectivity index (χ1) is 11.5. The molecule has 1 nitrogen and oxygen atoms in total. The lowest BCUT2D eigenvalue weighted by molar-refractivity contribution is -0.137. The van der Waals surface area contributed by atoms with E-state index in [1.165, 1.54) is 6.07 Å². The Kier molecular flexibility index (Phi) is 3.17. The maximum atomic E-state index is 13.2. The molecule has 24 heavy (non-hydrogen) atoms. The van der Waals surface area contributed by atoms with E-state index in [1.807, 2.05) is 60.5 Å². The molecule has 3 aromatic rings. The third kappa shape index (κ3) is 2.18. The Morgan fingerprint density at radius 2 is 1.21 bits per heavy atom. The number of para-hydroxylation sites is 1. The molecule has 0 spiro atoms. The molecule has 0 atom stereocenters. The van der Waals surface area contributed by atoms with Crippen LogP contribution >= 0.6 is 0 Å². The summed E-state index contributed by atoms with van der Waals surface area (Å²) >= 11 is 0. The number of hydrogen-bond donors (Lipinski definition) is 0. The molecule has 0 aromatic heterocycles. The van der Waals surface area contributed by atoms with Gasteiger partial charge in [-0.3, -0.25) is 0 Å². The second kappa shape index (κ2) is 5.13. The fourth-order valence-corrected chi connectivity index (χ4v) is 3.30. The van der Waals surface area contributed by atoms with E-state index in [4.69, 9.17) is 0 Å². The van der Waals surface area contributed by atoms with E-state index in [2.05, 4.69) is 0 Å². The number of hydrogen-bond acceptors (Lipinski definition) is 1. The molecule has 0 saturated carbocycles. The highest BCUT2D eigenvalue weighted by Gasteiger charge is 2.32. The number of alkyl halides is 3. The van der Waals surface area contributed by atoms with E-state index in [-0.39, 0.29) is 0 Å². The summed E-state index contributed by atoms with van der Waals surface area (Å²) in [5, 5.41) is 0. The van der Waals surface area contributed by atoms with E-state index in [9.17, 15) is 13.2 Å². The van der Waals surface area contributed by atoms with Crippen LogP contribution in [0.1, 0.15) is 5.56 Å². The SMILES string of the molecule is CN1c2ccccc2-c2ccccc2-c2cc(C(F)(F)F)ccc21. The van der Waals surface area contributed by atoms with Crippen LogP contribution in [0.4, 0.5) is 24.5 Å². The topological polar surface area (TPSA) is 3.24 Å². The highest BCUT2D eigenvalue weighted by atomic mass is 19.4. The Bertz CT molecular complexity index is 928. The largest absolute Gasteiger partial charge is 0.416 e. The number of nitrogens with zero attached hydrogens (tertiary/aromatic N) is 1. The van der Waals surface area contributed by atoms with Crippen LogP contribution in [0.2, 0.25) is 0 Å². The van der Waals surface area contributed by atoms with E-state index >= 15 is 0 Å². The van der Waals surface area contributed by atoms with Crippen LogP contribution in [-0.2, 0) is 6.18 Å². The minimum atomic E-state index is -4.36. The maximum absolute atomic E-state index is 13.2. The molecule has 3 aromatic carbocycles. The molecule has 0 fully saturated rings. The zero-order valence-electron chi connectivity index (χ0n) is 12.9. The minimum absolute atomic E-state index is 0.596. The van der Waals surface area contributed by atoms with Gasteiger partial charge < -0.3 is 4.90 Å². The van der Waals surface area contributed by atoms with Gasteiger partial charge in [-0.2, -0.15) is 13.2 Å². The summed E-state index contributed by atoms with van der Waals surface area (Å²) in [5.74, 6) is 0. The van der Waals surface area contributed by atoms with Gasteiger partial charge in [0, 0.05) is 29.5 Å². The molecule has 4 heteroatoms. The monoisotopic (exact) mass is 325 g/mol. The van der Waals surface area contributed by atoms with Gasteiger partial charge in [0.2, 0.25) is 0 Å². The highest BCUT2D eigenvalue weighted by Crippen LogP contribution is 2.48. The Balaban J connectivity index is 2.08. The molecular weight excluding hydrogens is 311 g/mol. The zero-order chi connectivity index (χ0) is 16.9. The molecule has 1 aliphatic heterocycles. The fourth-order valence-electron chi connectivity index (χ4n) is 3.30. The van der Waals surface area contributed by atoms with Crippen molar-refractivity contribution in [1.82, 2.24) is 0 Å². The predicted molar refractivity (Wildman–Crippen MR) is 90.4 cm³/mol. The van der Waals surface area contributed by atoms with Gasteiger partial charge in [0.1, 0.15) is 0 Å². The summed E-state index contributed by atoms with van der Waals surface area (Å²) in [4.78, 5) is 1.95. The summed E-state index contributed by atoms with van der Waals surface area (Å²) < 4.78 is 39.5. The molecule has 0 saturated heterocycles. The van der Waals surface area contributed by atoms with Crippen LogP contribution in [0.5, 0.6) is 0 Å². The van der Waals surface area contributed by atoms with Gasteiger partial charge in [-0.15, -0.1) is 0 Å². The molecule has 0 radical (unpaired) electrons. The van der Waals surface area contributed by atoms with Crippen molar-refractivity contribution >= 4 is 11.4 Å². The van der Waals surface area contributed by atoms with Crippen LogP contribution in [0.15, 0.2) is 66.7 Å². The van der Waals surface area contributed by atoms with E-state index < -0.39 is 11.7 Å². The fraction of sp³-hybridized carbons (Fsp3) is 0.100. The average Bonchev–Trinajstić information content (AvgIpc) is 2.69. The average molecular weight is 325 g/mol. The lowest BCUT2D eigenvalue weighted by atomic mass is 9.94. The number of benzene rings is 3. The third-order valence-corrected chi connectivity index (χ3v) is 4.46. The molecule has 1 heterocycles. The van der Waals surface area contributed by atoms with E-state index in [1.54, 1.807) is 6.07 Å². The van der Waals surface area contributed by atoms with Crippen LogP contribution < -0.4 is 4.90 Å². The Labute approximate surface area is 138 Å².